The molecular weight excluding hydrogens is 164 g/mol. The summed E-state index contributed by atoms with van der Waals surface area (Å²) in [7, 11) is -3.29. The molecule has 0 saturated heterocycles. The summed E-state index contributed by atoms with van der Waals surface area (Å²) >= 11 is 0. The van der Waals surface area contributed by atoms with Gasteiger partial charge in [0.1, 0.15) is 0 Å². The van der Waals surface area contributed by atoms with Gasteiger partial charge in [-0.3, -0.25) is 4.98 Å². The average Bonchev–Trinajstić information content (AvgIpc) is 1.85. The van der Waals surface area contributed by atoms with Crippen LogP contribution in [0, 0.1) is 0 Å². The lowest BCUT2D eigenvalue weighted by Gasteiger charge is -1.96. The van der Waals surface area contributed by atoms with Crippen molar-refractivity contribution in [3.63, 3.8) is 0 Å². The summed E-state index contributed by atoms with van der Waals surface area (Å²) in [6.45, 7) is 0. The van der Waals surface area contributed by atoms with Crippen molar-refractivity contribution in [3.8, 4) is 0 Å². The third-order valence-corrected chi connectivity index (χ3v) is 1.46. The number of sulfonamides is 1. The third-order valence-electron chi connectivity index (χ3n) is 0.917. The second-order valence-electron chi connectivity index (χ2n) is 2.04. The monoisotopic (exact) mass is 171 g/mol. The van der Waals surface area contributed by atoms with Gasteiger partial charge in [0, 0.05) is 6.20 Å². The zero-order chi connectivity index (χ0) is 8.32. The molecule has 0 unspecified atom stereocenters. The molecule has 0 atom stereocenters. The van der Waals surface area contributed by atoms with E-state index in [1.165, 1.54) is 6.20 Å². The molecule has 1 radical (unpaired) electrons. The van der Waals surface area contributed by atoms with E-state index in [9.17, 15) is 8.42 Å². The van der Waals surface area contributed by atoms with Gasteiger partial charge in [0.15, 0.2) is 0 Å². The molecule has 5 heteroatoms. The van der Waals surface area contributed by atoms with Crippen LogP contribution < -0.4 is 4.72 Å². The summed E-state index contributed by atoms with van der Waals surface area (Å²) in [5.74, 6) is 0. The van der Waals surface area contributed by atoms with Crippen LogP contribution in [0.25, 0.3) is 0 Å². The highest BCUT2D eigenvalue weighted by molar-refractivity contribution is 7.88. The van der Waals surface area contributed by atoms with E-state index in [0.717, 1.165) is 6.26 Å². The summed E-state index contributed by atoms with van der Waals surface area (Å²) in [5.41, 5.74) is 0.356. The van der Waals surface area contributed by atoms with Crippen molar-refractivity contribution in [1.82, 2.24) is 9.71 Å². The van der Waals surface area contributed by atoms with Gasteiger partial charge in [-0.2, -0.15) is 4.72 Å². The molecule has 1 rings (SSSR count). The van der Waals surface area contributed by atoms with Crippen LogP contribution in [0.1, 0.15) is 0 Å². The van der Waals surface area contributed by atoms with Gasteiger partial charge in [-0.15, -0.1) is 0 Å². The van der Waals surface area contributed by atoms with Crippen LogP contribution >= 0.6 is 0 Å². The van der Waals surface area contributed by atoms with E-state index in [0.29, 0.717) is 5.69 Å². The lowest BCUT2D eigenvalue weighted by Crippen LogP contribution is -2.08. The number of rotatable bonds is 2. The van der Waals surface area contributed by atoms with E-state index >= 15 is 0 Å². The second-order valence-corrected chi connectivity index (χ2v) is 3.68. The van der Waals surface area contributed by atoms with Crippen molar-refractivity contribution in [2.45, 2.75) is 0 Å². The summed E-state index contributed by atoms with van der Waals surface area (Å²) in [5, 5.41) is 0. The molecule has 0 spiro atoms. The van der Waals surface area contributed by atoms with E-state index in [4.69, 9.17) is 0 Å². The van der Waals surface area contributed by atoms with E-state index < -0.39 is 10.0 Å². The first kappa shape index (κ1) is 8.00. The van der Waals surface area contributed by atoms with E-state index in [1.807, 2.05) is 0 Å². The maximum Gasteiger partial charge on any atom is 0.250 e. The molecule has 4 nitrogen and oxygen atoms in total. The van der Waals surface area contributed by atoms with Crippen LogP contribution in [0.15, 0.2) is 24.5 Å². The van der Waals surface area contributed by atoms with Crippen LogP contribution in [-0.2, 0) is 10.0 Å². The van der Waals surface area contributed by atoms with Gasteiger partial charge in [0.2, 0.25) is 0 Å². The summed E-state index contributed by atoms with van der Waals surface area (Å²) in [4.78, 5) is 3.71. The Morgan fingerprint density at radius 2 is 2.27 bits per heavy atom. The van der Waals surface area contributed by atoms with Gasteiger partial charge in [0.05, 0.1) is 18.1 Å². The molecule has 1 aromatic heterocycles. The fourth-order valence-electron chi connectivity index (χ4n) is 0.599. The lowest BCUT2D eigenvalue weighted by atomic mass is 10.4. The zero-order valence-corrected chi connectivity index (χ0v) is 6.75. The standard InChI is InChI=1S/C6H7N2O2S/c1-11(9,10)8-6-3-2-4-7-5-6/h2-5H,1H3. The molecule has 0 aliphatic heterocycles. The van der Waals surface area contributed by atoms with E-state index in [2.05, 4.69) is 9.71 Å². The van der Waals surface area contributed by atoms with E-state index in [-0.39, 0.29) is 0 Å². The topological polar surface area (TPSA) is 61.1 Å². The first-order valence-electron chi connectivity index (χ1n) is 2.91. The largest absolute Gasteiger partial charge is 0.262 e. The van der Waals surface area contributed by atoms with Crippen LogP contribution in [0.2, 0.25) is 0 Å². The Labute approximate surface area is 65.3 Å². The number of pyridine rings is 1. The zero-order valence-electron chi connectivity index (χ0n) is 5.93. The minimum atomic E-state index is -3.29. The first-order chi connectivity index (χ1) is 5.08. The second kappa shape index (κ2) is 2.87. The fraction of sp³-hybridized carbons (Fsp3) is 0.167. The molecule has 0 bridgehead atoms. The minimum Gasteiger partial charge on any atom is -0.262 e. The molecule has 1 aromatic rings. The number of aromatic nitrogens is 1. The highest BCUT2D eigenvalue weighted by Crippen LogP contribution is 2.04. The van der Waals surface area contributed by atoms with Gasteiger partial charge in [-0.1, -0.05) is 0 Å². The Balaban J connectivity index is 2.82. The Kier molecular flexibility index (Phi) is 2.09. The molecule has 0 amide bonds. The molecule has 0 fully saturated rings. The molecule has 11 heavy (non-hydrogen) atoms. The van der Waals surface area contributed by atoms with Gasteiger partial charge in [-0.05, 0) is 12.1 Å². The van der Waals surface area contributed by atoms with Crippen molar-refractivity contribution in [2.75, 3.05) is 6.26 Å². The number of hydrogen-bond donors (Lipinski definition) is 0. The smallest absolute Gasteiger partial charge is 0.250 e. The number of nitrogens with zero attached hydrogens (tertiary/aromatic N) is 2. The predicted octanol–water partition coefficient (Wildman–Crippen LogP) is 0.277. The summed E-state index contributed by atoms with van der Waals surface area (Å²) in [6.07, 6.45) is 3.99. The summed E-state index contributed by atoms with van der Waals surface area (Å²) in [6, 6.07) is 3.21. The Morgan fingerprint density at radius 1 is 1.55 bits per heavy atom. The van der Waals surface area contributed by atoms with Crippen molar-refractivity contribution in [2.24, 2.45) is 0 Å². The van der Waals surface area contributed by atoms with Crippen molar-refractivity contribution in [1.29, 1.82) is 0 Å². The highest BCUT2D eigenvalue weighted by Gasteiger charge is 2.02. The first-order valence-corrected chi connectivity index (χ1v) is 4.76. The maximum absolute atomic E-state index is 10.6. The normalized spacial score (nSPS) is 11.0. The van der Waals surface area contributed by atoms with Gasteiger partial charge < -0.3 is 0 Å². The van der Waals surface area contributed by atoms with Crippen LogP contribution in [0.5, 0.6) is 0 Å². The molecule has 0 aliphatic rings. The number of hydrogen-bond acceptors (Lipinski definition) is 3. The van der Waals surface area contributed by atoms with Crippen molar-refractivity contribution in [3.05, 3.63) is 24.5 Å². The van der Waals surface area contributed by atoms with E-state index in [1.54, 1.807) is 18.3 Å². The molecule has 0 aliphatic carbocycles. The summed E-state index contributed by atoms with van der Waals surface area (Å²) < 4.78 is 24.6. The highest BCUT2D eigenvalue weighted by atomic mass is 32.2. The average molecular weight is 171 g/mol. The van der Waals surface area contributed by atoms with Crippen molar-refractivity contribution >= 4 is 15.7 Å². The maximum atomic E-state index is 10.6. The SMILES string of the molecule is CS(=O)(=O)[N]c1cccnc1. The van der Waals surface area contributed by atoms with Gasteiger partial charge in [-0.25, -0.2) is 8.42 Å². The molecular formula is C6H7N2O2S. The fourth-order valence-corrected chi connectivity index (χ4v) is 1.09. The molecule has 0 aromatic carbocycles. The van der Waals surface area contributed by atoms with Gasteiger partial charge >= 0.3 is 0 Å². The van der Waals surface area contributed by atoms with Gasteiger partial charge in [0.25, 0.3) is 10.0 Å². The Bertz CT molecular complexity index is 320. The minimum absolute atomic E-state index is 0.356. The quantitative estimate of drug-likeness (QED) is 0.642. The Hall–Kier alpha value is -1.10. The van der Waals surface area contributed by atoms with Crippen LogP contribution in [0.4, 0.5) is 5.69 Å². The lowest BCUT2D eigenvalue weighted by molar-refractivity contribution is 0.596. The van der Waals surface area contributed by atoms with Crippen molar-refractivity contribution < 1.29 is 8.42 Å². The predicted molar refractivity (Wildman–Crippen MR) is 40.9 cm³/mol. The van der Waals surface area contributed by atoms with Crippen LogP contribution in [-0.4, -0.2) is 19.7 Å². The molecule has 0 saturated carbocycles. The van der Waals surface area contributed by atoms with Crippen LogP contribution in [0.3, 0.4) is 0 Å². The Morgan fingerprint density at radius 3 is 2.73 bits per heavy atom. The molecule has 0 N–H and O–H groups in total. The molecule has 1 heterocycles. The third kappa shape index (κ3) is 2.99. The molecule has 59 valence electrons.